The van der Waals surface area contributed by atoms with Crippen molar-refractivity contribution in [1.82, 2.24) is 10.2 Å². The summed E-state index contributed by atoms with van der Waals surface area (Å²) in [6.07, 6.45) is 2.47. The Kier molecular flexibility index (Phi) is 4.37. The summed E-state index contributed by atoms with van der Waals surface area (Å²) in [7, 11) is 0. The molecule has 88 valence electrons. The molecule has 0 aliphatic carbocycles. The van der Waals surface area contributed by atoms with Gasteiger partial charge in [0.1, 0.15) is 0 Å². The molecule has 0 spiro atoms. The third-order valence-corrected chi connectivity index (χ3v) is 3.27. The molecule has 1 saturated heterocycles. The van der Waals surface area contributed by atoms with Gasteiger partial charge in [-0.3, -0.25) is 0 Å². The van der Waals surface area contributed by atoms with Crippen molar-refractivity contribution in [3.8, 4) is 0 Å². The average molecular weight is 218 g/mol. The van der Waals surface area contributed by atoms with Gasteiger partial charge in [-0.05, 0) is 38.4 Å². The van der Waals surface area contributed by atoms with Crippen LogP contribution in [0, 0.1) is 6.92 Å². The van der Waals surface area contributed by atoms with Gasteiger partial charge in [-0.1, -0.05) is 29.8 Å². The van der Waals surface area contributed by atoms with Crippen molar-refractivity contribution >= 4 is 0 Å². The lowest BCUT2D eigenvalue weighted by Gasteiger charge is -2.19. The first kappa shape index (κ1) is 11.6. The Hall–Kier alpha value is -0.860. The van der Waals surface area contributed by atoms with Crippen LogP contribution in [0.1, 0.15) is 17.5 Å². The SMILES string of the molecule is Cc1ccc(CCN2CCCNCC2)cc1. The molecule has 1 aliphatic heterocycles. The molecule has 0 bridgehead atoms. The summed E-state index contributed by atoms with van der Waals surface area (Å²) in [5, 5.41) is 3.44. The van der Waals surface area contributed by atoms with Crippen LogP contribution in [-0.2, 0) is 6.42 Å². The van der Waals surface area contributed by atoms with Crippen molar-refractivity contribution < 1.29 is 0 Å². The first-order valence-corrected chi connectivity index (χ1v) is 6.33. The molecule has 2 nitrogen and oxygen atoms in total. The second-order valence-electron chi connectivity index (χ2n) is 4.68. The Morgan fingerprint density at radius 1 is 1.12 bits per heavy atom. The maximum absolute atomic E-state index is 3.44. The first-order valence-electron chi connectivity index (χ1n) is 6.33. The highest BCUT2D eigenvalue weighted by Gasteiger charge is 2.07. The normalized spacial score (nSPS) is 18.3. The van der Waals surface area contributed by atoms with E-state index in [1.165, 1.54) is 50.1 Å². The van der Waals surface area contributed by atoms with Gasteiger partial charge in [-0.25, -0.2) is 0 Å². The van der Waals surface area contributed by atoms with Crippen LogP contribution in [-0.4, -0.2) is 37.6 Å². The molecular weight excluding hydrogens is 196 g/mol. The Balaban J connectivity index is 1.79. The van der Waals surface area contributed by atoms with E-state index in [1.807, 2.05) is 0 Å². The van der Waals surface area contributed by atoms with Crippen molar-refractivity contribution in [3.63, 3.8) is 0 Å². The monoisotopic (exact) mass is 218 g/mol. The van der Waals surface area contributed by atoms with Gasteiger partial charge in [0.05, 0.1) is 0 Å². The molecule has 0 unspecified atom stereocenters. The van der Waals surface area contributed by atoms with E-state index in [0.717, 1.165) is 6.54 Å². The molecule has 1 aromatic rings. The van der Waals surface area contributed by atoms with Crippen molar-refractivity contribution in [2.24, 2.45) is 0 Å². The molecule has 0 amide bonds. The predicted molar refractivity (Wildman–Crippen MR) is 68.8 cm³/mol. The molecule has 16 heavy (non-hydrogen) atoms. The van der Waals surface area contributed by atoms with E-state index < -0.39 is 0 Å². The summed E-state index contributed by atoms with van der Waals surface area (Å²) in [6.45, 7) is 8.12. The van der Waals surface area contributed by atoms with Crippen molar-refractivity contribution in [2.45, 2.75) is 19.8 Å². The molecule has 2 heteroatoms. The van der Waals surface area contributed by atoms with Crippen LogP contribution in [0.25, 0.3) is 0 Å². The number of hydrogen-bond donors (Lipinski definition) is 1. The zero-order chi connectivity index (χ0) is 11.2. The number of benzene rings is 1. The summed E-state index contributed by atoms with van der Waals surface area (Å²) in [5.41, 5.74) is 2.81. The highest BCUT2D eigenvalue weighted by Crippen LogP contribution is 2.05. The second kappa shape index (κ2) is 6.02. The molecule has 0 radical (unpaired) electrons. The number of aryl methyl sites for hydroxylation is 1. The molecule has 1 aliphatic rings. The van der Waals surface area contributed by atoms with Gasteiger partial charge < -0.3 is 10.2 Å². The zero-order valence-electron chi connectivity index (χ0n) is 10.2. The average Bonchev–Trinajstić information content (AvgIpc) is 2.57. The van der Waals surface area contributed by atoms with Crippen LogP contribution in [0.5, 0.6) is 0 Å². The molecular formula is C14H22N2. The van der Waals surface area contributed by atoms with E-state index in [-0.39, 0.29) is 0 Å². The summed E-state index contributed by atoms with van der Waals surface area (Å²) in [6, 6.07) is 8.93. The lowest BCUT2D eigenvalue weighted by atomic mass is 10.1. The van der Waals surface area contributed by atoms with Crippen LogP contribution in [0.15, 0.2) is 24.3 Å². The molecule has 1 aromatic carbocycles. The molecule has 0 saturated carbocycles. The van der Waals surface area contributed by atoms with Gasteiger partial charge in [0.2, 0.25) is 0 Å². The topological polar surface area (TPSA) is 15.3 Å². The van der Waals surface area contributed by atoms with E-state index >= 15 is 0 Å². The van der Waals surface area contributed by atoms with E-state index in [9.17, 15) is 0 Å². The highest BCUT2D eigenvalue weighted by atomic mass is 15.1. The summed E-state index contributed by atoms with van der Waals surface area (Å²) in [4.78, 5) is 2.57. The molecule has 1 heterocycles. The van der Waals surface area contributed by atoms with E-state index in [0.29, 0.717) is 0 Å². The van der Waals surface area contributed by atoms with Crippen LogP contribution in [0.4, 0.5) is 0 Å². The molecule has 1 N–H and O–H groups in total. The van der Waals surface area contributed by atoms with Gasteiger partial charge in [0.25, 0.3) is 0 Å². The fraction of sp³-hybridized carbons (Fsp3) is 0.571. The second-order valence-corrected chi connectivity index (χ2v) is 4.68. The Bertz CT molecular complexity index is 297. The molecule has 0 atom stereocenters. The van der Waals surface area contributed by atoms with E-state index in [2.05, 4.69) is 41.4 Å². The minimum absolute atomic E-state index is 1.15. The van der Waals surface area contributed by atoms with Crippen molar-refractivity contribution in [1.29, 1.82) is 0 Å². The van der Waals surface area contributed by atoms with E-state index in [4.69, 9.17) is 0 Å². The summed E-state index contributed by atoms with van der Waals surface area (Å²) < 4.78 is 0. The highest BCUT2D eigenvalue weighted by molar-refractivity contribution is 5.21. The fourth-order valence-corrected chi connectivity index (χ4v) is 2.17. The zero-order valence-corrected chi connectivity index (χ0v) is 10.2. The van der Waals surface area contributed by atoms with Gasteiger partial charge in [0, 0.05) is 19.6 Å². The van der Waals surface area contributed by atoms with E-state index in [1.54, 1.807) is 0 Å². The molecule has 2 rings (SSSR count). The first-order chi connectivity index (χ1) is 7.84. The number of nitrogens with zero attached hydrogens (tertiary/aromatic N) is 1. The van der Waals surface area contributed by atoms with Gasteiger partial charge in [0.15, 0.2) is 0 Å². The van der Waals surface area contributed by atoms with Gasteiger partial charge in [-0.15, -0.1) is 0 Å². The lowest BCUT2D eigenvalue weighted by Crippen LogP contribution is -2.30. The number of nitrogens with one attached hydrogen (secondary N) is 1. The fourth-order valence-electron chi connectivity index (χ4n) is 2.17. The van der Waals surface area contributed by atoms with Crippen molar-refractivity contribution in [3.05, 3.63) is 35.4 Å². The minimum Gasteiger partial charge on any atom is -0.315 e. The predicted octanol–water partition coefficient (Wildman–Crippen LogP) is 1.83. The van der Waals surface area contributed by atoms with Crippen LogP contribution in [0.3, 0.4) is 0 Å². The van der Waals surface area contributed by atoms with Crippen LogP contribution >= 0.6 is 0 Å². The molecule has 1 fully saturated rings. The number of hydrogen-bond acceptors (Lipinski definition) is 2. The quantitative estimate of drug-likeness (QED) is 0.832. The summed E-state index contributed by atoms with van der Waals surface area (Å²) in [5.74, 6) is 0. The third kappa shape index (κ3) is 3.62. The largest absolute Gasteiger partial charge is 0.315 e. The Morgan fingerprint density at radius 3 is 2.75 bits per heavy atom. The van der Waals surface area contributed by atoms with Crippen LogP contribution < -0.4 is 5.32 Å². The standard InChI is InChI=1S/C14H22N2/c1-13-3-5-14(6-4-13)7-11-16-10-2-8-15-9-12-16/h3-6,15H,2,7-12H2,1H3. The Labute approximate surface area is 98.7 Å². The number of rotatable bonds is 3. The third-order valence-electron chi connectivity index (χ3n) is 3.27. The minimum atomic E-state index is 1.15. The maximum Gasteiger partial charge on any atom is 0.0107 e. The molecule has 0 aromatic heterocycles. The smallest absolute Gasteiger partial charge is 0.0107 e. The maximum atomic E-state index is 3.44. The summed E-state index contributed by atoms with van der Waals surface area (Å²) >= 11 is 0. The van der Waals surface area contributed by atoms with Gasteiger partial charge >= 0.3 is 0 Å². The van der Waals surface area contributed by atoms with Crippen LogP contribution in [0.2, 0.25) is 0 Å². The lowest BCUT2D eigenvalue weighted by molar-refractivity contribution is 0.296. The van der Waals surface area contributed by atoms with Gasteiger partial charge in [-0.2, -0.15) is 0 Å². The Morgan fingerprint density at radius 2 is 1.94 bits per heavy atom. The van der Waals surface area contributed by atoms with Crippen molar-refractivity contribution in [2.75, 3.05) is 32.7 Å².